The smallest absolute Gasteiger partial charge is 0.267 e. The summed E-state index contributed by atoms with van der Waals surface area (Å²) in [5, 5.41) is 4.54. The van der Waals surface area contributed by atoms with Crippen LogP contribution in [0.15, 0.2) is 23.0 Å². The zero-order chi connectivity index (χ0) is 17.4. The fourth-order valence-corrected chi connectivity index (χ4v) is 4.39. The highest BCUT2D eigenvalue weighted by Gasteiger charge is 2.31. The second kappa shape index (κ2) is 6.72. The van der Waals surface area contributed by atoms with E-state index in [4.69, 9.17) is 4.74 Å². The van der Waals surface area contributed by atoms with Crippen LogP contribution in [0.5, 0.6) is 0 Å². The first-order valence-electron chi connectivity index (χ1n) is 8.67. The number of fused-ring (bicyclic) bond motifs is 1. The average molecular weight is 359 g/mol. The molecule has 25 heavy (non-hydrogen) atoms. The highest BCUT2D eigenvalue weighted by atomic mass is 32.1. The highest BCUT2D eigenvalue weighted by molar-refractivity contribution is 7.13. The number of carbonyl (C=O) groups excluding carboxylic acids is 1. The molecule has 0 N–H and O–H groups in total. The molecule has 132 valence electrons. The van der Waals surface area contributed by atoms with E-state index in [1.807, 2.05) is 24.0 Å². The number of hydrogen-bond acceptors (Lipinski definition) is 5. The van der Waals surface area contributed by atoms with Crippen molar-refractivity contribution in [3.63, 3.8) is 0 Å². The third-order valence-corrected chi connectivity index (χ3v) is 5.87. The van der Waals surface area contributed by atoms with E-state index in [1.54, 1.807) is 6.07 Å². The van der Waals surface area contributed by atoms with E-state index in [1.165, 1.54) is 16.0 Å². The van der Waals surface area contributed by atoms with Crippen molar-refractivity contribution in [3.8, 4) is 0 Å². The molecule has 6 nitrogen and oxygen atoms in total. The maximum atomic E-state index is 12.8. The SMILES string of the molecule is Cc1ccc(C(=O)N2CCCC2Cn2nc3c(cc2=O)COCC3)s1. The van der Waals surface area contributed by atoms with Crippen molar-refractivity contribution in [1.82, 2.24) is 14.7 Å². The summed E-state index contributed by atoms with van der Waals surface area (Å²) in [5.74, 6) is 0.0695. The highest BCUT2D eigenvalue weighted by Crippen LogP contribution is 2.24. The van der Waals surface area contributed by atoms with Gasteiger partial charge in [0.05, 0.1) is 36.4 Å². The number of aryl methyl sites for hydroxylation is 1. The molecule has 0 spiro atoms. The molecule has 1 saturated heterocycles. The van der Waals surface area contributed by atoms with Crippen molar-refractivity contribution >= 4 is 17.2 Å². The van der Waals surface area contributed by atoms with E-state index in [0.717, 1.165) is 46.8 Å². The lowest BCUT2D eigenvalue weighted by Crippen LogP contribution is -2.41. The zero-order valence-electron chi connectivity index (χ0n) is 14.2. The van der Waals surface area contributed by atoms with Gasteiger partial charge in [0.1, 0.15) is 0 Å². The average Bonchev–Trinajstić information content (AvgIpc) is 3.24. The molecule has 2 aromatic heterocycles. The van der Waals surface area contributed by atoms with Crippen LogP contribution in [0, 0.1) is 6.92 Å². The normalized spacial score (nSPS) is 19.9. The molecule has 0 saturated carbocycles. The fraction of sp³-hybridized carbons (Fsp3) is 0.500. The minimum Gasteiger partial charge on any atom is -0.376 e. The van der Waals surface area contributed by atoms with Gasteiger partial charge >= 0.3 is 0 Å². The molecular weight excluding hydrogens is 338 g/mol. The van der Waals surface area contributed by atoms with Crippen LogP contribution >= 0.6 is 11.3 Å². The summed E-state index contributed by atoms with van der Waals surface area (Å²) in [5.41, 5.74) is 1.71. The lowest BCUT2D eigenvalue weighted by molar-refractivity contribution is 0.0724. The minimum atomic E-state index is -0.115. The molecule has 1 amide bonds. The Balaban J connectivity index is 1.55. The Hall–Kier alpha value is -1.99. The van der Waals surface area contributed by atoms with Crippen LogP contribution in [-0.4, -0.2) is 39.8 Å². The summed E-state index contributed by atoms with van der Waals surface area (Å²) in [6.45, 7) is 4.31. The Morgan fingerprint density at radius 1 is 1.44 bits per heavy atom. The Morgan fingerprint density at radius 2 is 2.32 bits per heavy atom. The molecule has 0 radical (unpaired) electrons. The van der Waals surface area contributed by atoms with Gasteiger partial charge in [0.15, 0.2) is 0 Å². The Labute approximate surface area is 150 Å². The van der Waals surface area contributed by atoms with E-state index in [-0.39, 0.29) is 17.5 Å². The summed E-state index contributed by atoms with van der Waals surface area (Å²) < 4.78 is 6.91. The molecular formula is C18H21N3O3S. The van der Waals surface area contributed by atoms with Crippen LogP contribution in [0.2, 0.25) is 0 Å². The van der Waals surface area contributed by atoms with Gasteiger partial charge in [0.2, 0.25) is 0 Å². The zero-order valence-corrected chi connectivity index (χ0v) is 15.1. The number of aromatic nitrogens is 2. The molecule has 4 heterocycles. The van der Waals surface area contributed by atoms with Gasteiger partial charge in [-0.25, -0.2) is 4.68 Å². The van der Waals surface area contributed by atoms with Gasteiger partial charge < -0.3 is 9.64 Å². The summed E-state index contributed by atoms with van der Waals surface area (Å²) in [6, 6.07) is 5.52. The number of hydrogen-bond donors (Lipinski definition) is 0. The first kappa shape index (κ1) is 16.5. The van der Waals surface area contributed by atoms with Crippen molar-refractivity contribution in [3.05, 3.63) is 49.6 Å². The van der Waals surface area contributed by atoms with Gasteiger partial charge in [-0.1, -0.05) is 0 Å². The molecule has 1 fully saturated rings. The quantitative estimate of drug-likeness (QED) is 0.841. The lowest BCUT2D eigenvalue weighted by atomic mass is 10.1. The van der Waals surface area contributed by atoms with Gasteiger partial charge in [-0.05, 0) is 31.9 Å². The van der Waals surface area contributed by atoms with Gasteiger partial charge in [-0.2, -0.15) is 5.10 Å². The Bertz CT molecular complexity index is 857. The van der Waals surface area contributed by atoms with E-state index in [9.17, 15) is 9.59 Å². The lowest BCUT2D eigenvalue weighted by Gasteiger charge is -2.25. The standard InChI is InChI=1S/C18H21N3O3S/c1-12-4-5-16(25-12)18(23)20-7-2-3-14(20)10-21-17(22)9-13-11-24-8-6-15(13)19-21/h4-5,9,14H,2-3,6-8,10-11H2,1H3. The largest absolute Gasteiger partial charge is 0.376 e. The monoisotopic (exact) mass is 359 g/mol. The van der Waals surface area contributed by atoms with Crippen LogP contribution in [0.3, 0.4) is 0 Å². The van der Waals surface area contributed by atoms with Crippen LogP contribution in [0.1, 0.15) is 38.6 Å². The van der Waals surface area contributed by atoms with Gasteiger partial charge in [0, 0.05) is 29.5 Å². The van der Waals surface area contributed by atoms with Crippen LogP contribution < -0.4 is 5.56 Å². The molecule has 0 bridgehead atoms. The van der Waals surface area contributed by atoms with Crippen LogP contribution in [0.4, 0.5) is 0 Å². The second-order valence-electron chi connectivity index (χ2n) is 6.64. The van der Waals surface area contributed by atoms with E-state index in [2.05, 4.69) is 5.10 Å². The molecule has 1 unspecified atom stereocenters. The number of carbonyl (C=O) groups is 1. The first-order valence-corrected chi connectivity index (χ1v) is 9.48. The maximum absolute atomic E-state index is 12.8. The summed E-state index contributed by atoms with van der Waals surface area (Å²) in [4.78, 5) is 29.0. The van der Waals surface area contributed by atoms with Crippen molar-refractivity contribution in [2.75, 3.05) is 13.2 Å². The summed E-state index contributed by atoms with van der Waals surface area (Å²) >= 11 is 1.52. The third-order valence-electron chi connectivity index (χ3n) is 4.88. The summed E-state index contributed by atoms with van der Waals surface area (Å²) in [6.07, 6.45) is 2.61. The molecule has 4 rings (SSSR count). The van der Waals surface area contributed by atoms with E-state index < -0.39 is 0 Å². The topological polar surface area (TPSA) is 64.4 Å². The number of amides is 1. The molecule has 2 aromatic rings. The van der Waals surface area contributed by atoms with Gasteiger partial charge in [-0.3, -0.25) is 9.59 Å². The van der Waals surface area contributed by atoms with E-state index in [0.29, 0.717) is 19.8 Å². The van der Waals surface area contributed by atoms with Gasteiger partial charge in [0.25, 0.3) is 11.5 Å². The van der Waals surface area contributed by atoms with Gasteiger partial charge in [-0.15, -0.1) is 11.3 Å². The van der Waals surface area contributed by atoms with Crippen LogP contribution in [0.25, 0.3) is 0 Å². The minimum absolute atomic E-state index is 0.0259. The van der Waals surface area contributed by atoms with Crippen molar-refractivity contribution in [2.45, 2.75) is 45.4 Å². The third kappa shape index (κ3) is 3.26. The maximum Gasteiger partial charge on any atom is 0.267 e. The molecule has 2 aliphatic rings. The van der Waals surface area contributed by atoms with Crippen LogP contribution in [-0.2, 0) is 24.3 Å². The van der Waals surface area contributed by atoms with Crippen molar-refractivity contribution < 1.29 is 9.53 Å². The molecule has 7 heteroatoms. The summed E-state index contributed by atoms with van der Waals surface area (Å²) in [7, 11) is 0. The predicted molar refractivity (Wildman–Crippen MR) is 95.0 cm³/mol. The second-order valence-corrected chi connectivity index (χ2v) is 7.93. The number of ether oxygens (including phenoxy) is 1. The number of nitrogens with zero attached hydrogens (tertiary/aromatic N) is 3. The van der Waals surface area contributed by atoms with Crippen molar-refractivity contribution in [1.29, 1.82) is 0 Å². The molecule has 2 aliphatic heterocycles. The number of rotatable bonds is 3. The molecule has 1 atom stereocenters. The molecule has 0 aliphatic carbocycles. The number of thiophene rings is 1. The Kier molecular flexibility index (Phi) is 4.43. The van der Waals surface area contributed by atoms with E-state index >= 15 is 0 Å². The predicted octanol–water partition coefficient (Wildman–Crippen LogP) is 1.99. The van der Waals surface area contributed by atoms with Crippen molar-refractivity contribution in [2.24, 2.45) is 0 Å². The Morgan fingerprint density at radius 3 is 3.12 bits per heavy atom. The molecule has 0 aromatic carbocycles. The fourth-order valence-electron chi connectivity index (χ4n) is 3.57. The first-order chi connectivity index (χ1) is 12.1. The number of likely N-dealkylation sites (tertiary alicyclic amines) is 1.